The highest BCUT2D eigenvalue weighted by atomic mass is 14.9. The molecular weight excluding hydrogens is 196 g/mol. The van der Waals surface area contributed by atoms with Gasteiger partial charge in [0.25, 0.3) is 0 Å². The lowest BCUT2D eigenvalue weighted by molar-refractivity contribution is 0.560. The molecule has 0 radical (unpaired) electrons. The minimum absolute atomic E-state index is 0.360. The molecule has 0 spiro atoms. The van der Waals surface area contributed by atoms with Gasteiger partial charge in [0.05, 0.1) is 6.07 Å². The maximum Gasteiger partial charge on any atom is 0.0622 e. The summed E-state index contributed by atoms with van der Waals surface area (Å²) < 4.78 is 0. The number of unbranched alkanes of at least 4 members (excludes halogenated alkanes) is 1. The highest BCUT2D eigenvalue weighted by molar-refractivity contribution is 5.32. The summed E-state index contributed by atoms with van der Waals surface area (Å²) in [5, 5.41) is 11.9. The van der Waals surface area contributed by atoms with Crippen LogP contribution in [-0.4, -0.2) is 6.54 Å². The van der Waals surface area contributed by atoms with Gasteiger partial charge in [-0.1, -0.05) is 23.8 Å². The first-order valence-corrected chi connectivity index (χ1v) is 5.82. The van der Waals surface area contributed by atoms with Gasteiger partial charge in [-0.3, -0.25) is 0 Å². The maximum absolute atomic E-state index is 8.45. The lowest BCUT2D eigenvalue weighted by Gasteiger charge is -2.16. The first kappa shape index (κ1) is 12.7. The molecule has 0 bridgehead atoms. The Balaban J connectivity index is 2.53. The van der Waals surface area contributed by atoms with Gasteiger partial charge in [-0.25, -0.2) is 0 Å². The summed E-state index contributed by atoms with van der Waals surface area (Å²) in [6.45, 7) is 7.34. The van der Waals surface area contributed by atoms with Gasteiger partial charge in [0, 0.05) is 12.5 Å². The number of aryl methyl sites for hydroxylation is 2. The van der Waals surface area contributed by atoms with Gasteiger partial charge in [0.2, 0.25) is 0 Å². The van der Waals surface area contributed by atoms with Gasteiger partial charge in [-0.2, -0.15) is 5.26 Å². The second-order valence-electron chi connectivity index (χ2n) is 4.30. The molecule has 0 aromatic heterocycles. The van der Waals surface area contributed by atoms with Crippen molar-refractivity contribution in [3.05, 3.63) is 34.9 Å². The molecule has 0 amide bonds. The van der Waals surface area contributed by atoms with Crippen molar-refractivity contribution in [1.82, 2.24) is 5.32 Å². The van der Waals surface area contributed by atoms with E-state index in [-0.39, 0.29) is 0 Å². The van der Waals surface area contributed by atoms with Gasteiger partial charge in [0.15, 0.2) is 0 Å². The zero-order valence-corrected chi connectivity index (χ0v) is 10.4. The first-order valence-electron chi connectivity index (χ1n) is 5.82. The zero-order valence-electron chi connectivity index (χ0n) is 10.4. The summed E-state index contributed by atoms with van der Waals surface area (Å²) >= 11 is 0. The van der Waals surface area contributed by atoms with Gasteiger partial charge in [0.1, 0.15) is 0 Å². The van der Waals surface area contributed by atoms with E-state index in [4.69, 9.17) is 5.26 Å². The molecule has 16 heavy (non-hydrogen) atoms. The third-order valence-corrected chi connectivity index (χ3v) is 2.81. The van der Waals surface area contributed by atoms with E-state index < -0.39 is 0 Å². The normalized spacial score (nSPS) is 12.1. The molecule has 0 heterocycles. The van der Waals surface area contributed by atoms with Crippen LogP contribution in [-0.2, 0) is 0 Å². The zero-order chi connectivity index (χ0) is 12.0. The Bertz CT molecular complexity index is 377. The van der Waals surface area contributed by atoms with Crippen molar-refractivity contribution < 1.29 is 0 Å². The fraction of sp³-hybridized carbons (Fsp3) is 0.500. The van der Waals surface area contributed by atoms with E-state index in [1.54, 1.807) is 0 Å². The van der Waals surface area contributed by atoms with Crippen LogP contribution in [0.3, 0.4) is 0 Å². The van der Waals surface area contributed by atoms with Crippen molar-refractivity contribution in [2.45, 2.75) is 39.7 Å². The van der Waals surface area contributed by atoms with Crippen LogP contribution in [0, 0.1) is 25.2 Å². The van der Waals surface area contributed by atoms with Crippen molar-refractivity contribution >= 4 is 0 Å². The number of hydrogen-bond acceptors (Lipinski definition) is 2. The average molecular weight is 216 g/mol. The van der Waals surface area contributed by atoms with Crippen molar-refractivity contribution in [3.8, 4) is 6.07 Å². The molecule has 0 aliphatic rings. The van der Waals surface area contributed by atoms with E-state index >= 15 is 0 Å². The van der Waals surface area contributed by atoms with Gasteiger partial charge >= 0.3 is 0 Å². The number of hydrogen-bond donors (Lipinski definition) is 1. The number of benzene rings is 1. The lowest BCUT2D eigenvalue weighted by Crippen LogP contribution is -2.20. The predicted octanol–water partition coefficient (Wildman–Crippen LogP) is 3.26. The maximum atomic E-state index is 8.45. The summed E-state index contributed by atoms with van der Waals surface area (Å²) in [6.07, 6.45) is 1.55. The third kappa shape index (κ3) is 3.67. The molecule has 1 rings (SSSR count). The van der Waals surface area contributed by atoms with Crippen LogP contribution in [0.2, 0.25) is 0 Å². The van der Waals surface area contributed by atoms with Crippen molar-refractivity contribution in [2.75, 3.05) is 6.54 Å². The molecule has 2 nitrogen and oxygen atoms in total. The third-order valence-electron chi connectivity index (χ3n) is 2.81. The highest BCUT2D eigenvalue weighted by Gasteiger charge is 2.06. The molecule has 1 atom stereocenters. The van der Waals surface area contributed by atoms with Crippen molar-refractivity contribution in [2.24, 2.45) is 0 Å². The Morgan fingerprint density at radius 2 is 2.12 bits per heavy atom. The van der Waals surface area contributed by atoms with Crippen LogP contribution in [0.25, 0.3) is 0 Å². The number of nitrogens with one attached hydrogen (secondary N) is 1. The molecular formula is C14H20N2. The van der Waals surface area contributed by atoms with Gasteiger partial charge in [-0.05, 0) is 44.9 Å². The molecule has 1 unspecified atom stereocenters. The molecule has 1 aromatic carbocycles. The molecule has 86 valence electrons. The lowest BCUT2D eigenvalue weighted by atomic mass is 10.0. The SMILES string of the molecule is Cc1ccc(C(C)NCCCC#N)c(C)c1. The Labute approximate surface area is 98.3 Å². The van der Waals surface area contributed by atoms with Crippen LogP contribution in [0.15, 0.2) is 18.2 Å². The number of rotatable bonds is 5. The summed E-state index contributed by atoms with van der Waals surface area (Å²) in [4.78, 5) is 0. The Hall–Kier alpha value is -1.33. The molecule has 0 aliphatic heterocycles. The predicted molar refractivity (Wildman–Crippen MR) is 67.2 cm³/mol. The van der Waals surface area contributed by atoms with Crippen LogP contribution < -0.4 is 5.32 Å². The minimum atomic E-state index is 0.360. The fourth-order valence-electron chi connectivity index (χ4n) is 1.91. The standard InChI is InChI=1S/C14H20N2/c1-11-6-7-14(12(2)10-11)13(3)16-9-5-4-8-15/h6-7,10,13,16H,4-5,9H2,1-3H3. The van der Waals surface area contributed by atoms with E-state index in [0.717, 1.165) is 13.0 Å². The quantitative estimate of drug-likeness (QED) is 0.767. The molecule has 0 saturated carbocycles. The number of nitriles is 1. The second kappa shape index (κ2) is 6.30. The Kier molecular flexibility index (Phi) is 5.01. The monoisotopic (exact) mass is 216 g/mol. The Morgan fingerprint density at radius 3 is 2.75 bits per heavy atom. The molecule has 0 saturated heterocycles. The van der Waals surface area contributed by atoms with E-state index in [1.807, 2.05) is 0 Å². The topological polar surface area (TPSA) is 35.8 Å². The largest absolute Gasteiger partial charge is 0.310 e. The van der Waals surface area contributed by atoms with Crippen LogP contribution in [0.5, 0.6) is 0 Å². The summed E-state index contributed by atoms with van der Waals surface area (Å²) in [5.74, 6) is 0. The van der Waals surface area contributed by atoms with Crippen molar-refractivity contribution in [1.29, 1.82) is 5.26 Å². The van der Waals surface area contributed by atoms with Gasteiger partial charge in [-0.15, -0.1) is 0 Å². The minimum Gasteiger partial charge on any atom is -0.310 e. The van der Waals surface area contributed by atoms with E-state index in [9.17, 15) is 0 Å². The van der Waals surface area contributed by atoms with Gasteiger partial charge < -0.3 is 5.32 Å². The average Bonchev–Trinajstić information content (AvgIpc) is 2.24. The molecule has 1 N–H and O–H groups in total. The van der Waals surface area contributed by atoms with Crippen LogP contribution in [0.4, 0.5) is 0 Å². The molecule has 0 aliphatic carbocycles. The van der Waals surface area contributed by atoms with E-state index in [0.29, 0.717) is 12.5 Å². The van der Waals surface area contributed by atoms with E-state index in [1.165, 1.54) is 16.7 Å². The first-order chi connectivity index (χ1) is 7.65. The van der Waals surface area contributed by atoms with Crippen LogP contribution in [0.1, 0.15) is 42.5 Å². The smallest absolute Gasteiger partial charge is 0.0622 e. The second-order valence-corrected chi connectivity index (χ2v) is 4.30. The number of nitrogens with zero attached hydrogens (tertiary/aromatic N) is 1. The van der Waals surface area contributed by atoms with Crippen molar-refractivity contribution in [3.63, 3.8) is 0 Å². The summed E-state index contributed by atoms with van der Waals surface area (Å²) in [5.41, 5.74) is 3.99. The Morgan fingerprint density at radius 1 is 1.38 bits per heavy atom. The highest BCUT2D eigenvalue weighted by Crippen LogP contribution is 2.18. The van der Waals surface area contributed by atoms with Crippen LogP contribution >= 0.6 is 0 Å². The van der Waals surface area contributed by atoms with E-state index in [2.05, 4.69) is 50.4 Å². The molecule has 2 heteroatoms. The summed E-state index contributed by atoms with van der Waals surface area (Å²) in [6, 6.07) is 9.07. The fourth-order valence-corrected chi connectivity index (χ4v) is 1.91. The molecule has 1 aromatic rings. The summed E-state index contributed by atoms with van der Waals surface area (Å²) in [7, 11) is 0. The molecule has 0 fully saturated rings.